The van der Waals surface area contributed by atoms with E-state index in [1.165, 1.54) is 21.5 Å². The van der Waals surface area contributed by atoms with Gasteiger partial charge in [0.05, 0.1) is 20.5 Å². The summed E-state index contributed by atoms with van der Waals surface area (Å²) in [6.45, 7) is 4.00. The molecule has 5 aromatic rings. The Morgan fingerprint density at radius 3 is 2.49 bits per heavy atom. The minimum Gasteiger partial charge on any atom is -0.399 e. The summed E-state index contributed by atoms with van der Waals surface area (Å²) >= 11 is 8.28. The first-order valence-corrected chi connectivity index (χ1v) is 15.8. The zero-order valence-corrected chi connectivity index (χ0v) is 25.2. The van der Waals surface area contributed by atoms with E-state index in [9.17, 15) is 8.42 Å². The van der Waals surface area contributed by atoms with Gasteiger partial charge in [0.25, 0.3) is 10.0 Å². The first-order valence-electron chi connectivity index (χ1n) is 13.1. The minimum absolute atomic E-state index is 0.163. The SMILES string of the molecule is COCOC1(c2ncc(-c3c(Cl)cnc4c3cc(-c3ccc(N)cc3C)n4S(=O)(=O)c3ccc(C)cc3)s2)CCC1. The van der Waals surface area contributed by atoms with Crippen molar-refractivity contribution < 1.29 is 17.9 Å². The third-order valence-corrected chi connectivity index (χ3v) is 10.8. The number of pyridine rings is 1. The van der Waals surface area contributed by atoms with Crippen molar-refractivity contribution in [2.75, 3.05) is 19.6 Å². The molecule has 1 aliphatic carbocycles. The average Bonchev–Trinajstić information content (AvgIpc) is 3.54. The topological polar surface area (TPSA) is 109 Å². The van der Waals surface area contributed by atoms with Gasteiger partial charge < -0.3 is 15.2 Å². The third kappa shape index (κ3) is 4.73. The van der Waals surface area contributed by atoms with Gasteiger partial charge in [0, 0.05) is 41.7 Å². The van der Waals surface area contributed by atoms with Crippen LogP contribution in [0.1, 0.15) is 35.4 Å². The van der Waals surface area contributed by atoms with E-state index in [1.807, 2.05) is 32.0 Å². The maximum absolute atomic E-state index is 14.2. The molecule has 0 unspecified atom stereocenters. The van der Waals surface area contributed by atoms with Gasteiger partial charge in [-0.25, -0.2) is 22.4 Å². The molecule has 6 rings (SSSR count). The summed E-state index contributed by atoms with van der Waals surface area (Å²) in [6.07, 6.45) is 6.03. The van der Waals surface area contributed by atoms with Crippen molar-refractivity contribution in [1.29, 1.82) is 0 Å². The number of thiazole rings is 1. The summed E-state index contributed by atoms with van der Waals surface area (Å²) in [4.78, 5) is 10.3. The molecule has 3 heterocycles. The zero-order valence-electron chi connectivity index (χ0n) is 22.8. The van der Waals surface area contributed by atoms with Crippen molar-refractivity contribution in [1.82, 2.24) is 13.9 Å². The third-order valence-electron chi connectivity index (χ3n) is 7.58. The van der Waals surface area contributed by atoms with Crippen LogP contribution in [0.5, 0.6) is 0 Å². The van der Waals surface area contributed by atoms with Gasteiger partial charge >= 0.3 is 0 Å². The highest BCUT2D eigenvalue weighted by atomic mass is 35.5. The lowest BCUT2D eigenvalue weighted by Crippen LogP contribution is -2.37. The quantitative estimate of drug-likeness (QED) is 0.150. The fourth-order valence-electron chi connectivity index (χ4n) is 5.26. The number of hydrogen-bond acceptors (Lipinski definition) is 8. The molecule has 212 valence electrons. The molecule has 0 radical (unpaired) electrons. The van der Waals surface area contributed by atoms with Crippen LogP contribution in [0.15, 0.2) is 65.8 Å². The second-order valence-corrected chi connectivity index (χ2v) is 13.6. The van der Waals surface area contributed by atoms with E-state index >= 15 is 0 Å². The Bertz CT molecular complexity index is 1880. The normalized spacial score (nSPS) is 14.8. The van der Waals surface area contributed by atoms with Gasteiger partial charge in [-0.05, 0) is 69.0 Å². The molecule has 41 heavy (non-hydrogen) atoms. The minimum atomic E-state index is -4.05. The summed E-state index contributed by atoms with van der Waals surface area (Å²) in [5, 5.41) is 1.85. The predicted molar refractivity (Wildman–Crippen MR) is 163 cm³/mol. The highest BCUT2D eigenvalue weighted by Crippen LogP contribution is 2.49. The maximum atomic E-state index is 14.2. The number of nitrogen functional groups attached to an aromatic ring is 1. The van der Waals surface area contributed by atoms with Crippen LogP contribution in [0.4, 0.5) is 5.69 Å². The van der Waals surface area contributed by atoms with Crippen LogP contribution in [0.2, 0.25) is 5.02 Å². The van der Waals surface area contributed by atoms with Crippen LogP contribution < -0.4 is 5.73 Å². The maximum Gasteiger partial charge on any atom is 0.269 e. The second-order valence-electron chi connectivity index (χ2n) is 10.3. The lowest BCUT2D eigenvalue weighted by molar-refractivity contribution is -0.171. The van der Waals surface area contributed by atoms with Crippen LogP contribution in [0.25, 0.3) is 32.7 Å². The van der Waals surface area contributed by atoms with Gasteiger partial charge in [-0.3, -0.25) is 0 Å². The summed E-state index contributed by atoms with van der Waals surface area (Å²) in [7, 11) is -2.45. The molecule has 2 N–H and O–H groups in total. The van der Waals surface area contributed by atoms with E-state index in [0.29, 0.717) is 27.4 Å². The molecule has 0 atom stereocenters. The van der Waals surface area contributed by atoms with E-state index < -0.39 is 15.6 Å². The molecule has 0 bridgehead atoms. The Kier molecular flexibility index (Phi) is 7.15. The van der Waals surface area contributed by atoms with Gasteiger partial charge in [-0.15, -0.1) is 11.3 Å². The molecule has 0 amide bonds. The van der Waals surface area contributed by atoms with E-state index in [2.05, 4.69) is 4.98 Å². The average molecular weight is 609 g/mol. The number of halogens is 1. The fraction of sp³-hybridized carbons (Fsp3) is 0.267. The van der Waals surface area contributed by atoms with E-state index in [-0.39, 0.29) is 17.3 Å². The molecule has 1 aliphatic rings. The number of benzene rings is 2. The van der Waals surface area contributed by atoms with Crippen molar-refractivity contribution in [3.05, 3.63) is 82.1 Å². The van der Waals surface area contributed by atoms with Crippen LogP contribution in [0, 0.1) is 13.8 Å². The van der Waals surface area contributed by atoms with Crippen molar-refractivity contribution in [3.63, 3.8) is 0 Å². The highest BCUT2D eigenvalue weighted by Gasteiger charge is 2.43. The van der Waals surface area contributed by atoms with Gasteiger partial charge in [0.1, 0.15) is 17.4 Å². The van der Waals surface area contributed by atoms with Gasteiger partial charge in [0.2, 0.25) is 0 Å². The van der Waals surface area contributed by atoms with Crippen LogP contribution in [-0.4, -0.2) is 36.3 Å². The first kappa shape index (κ1) is 27.9. The predicted octanol–water partition coefficient (Wildman–Crippen LogP) is 6.92. The summed E-state index contributed by atoms with van der Waals surface area (Å²) < 4.78 is 41.0. The Morgan fingerprint density at radius 2 is 1.83 bits per heavy atom. The second kappa shape index (κ2) is 10.5. The van der Waals surface area contributed by atoms with Crippen molar-refractivity contribution in [3.8, 4) is 21.7 Å². The van der Waals surface area contributed by atoms with Crippen LogP contribution in [0.3, 0.4) is 0 Å². The van der Waals surface area contributed by atoms with Crippen molar-refractivity contribution in [2.24, 2.45) is 0 Å². The lowest BCUT2D eigenvalue weighted by atomic mass is 9.80. The molecule has 0 aliphatic heterocycles. The number of ether oxygens (including phenoxy) is 2. The molecular weight excluding hydrogens is 580 g/mol. The van der Waals surface area contributed by atoms with Gasteiger partial charge in [0.15, 0.2) is 5.65 Å². The fourth-order valence-corrected chi connectivity index (χ4v) is 8.23. The Morgan fingerprint density at radius 1 is 1.07 bits per heavy atom. The number of hydrogen-bond donors (Lipinski definition) is 1. The zero-order chi connectivity index (χ0) is 28.9. The molecule has 0 spiro atoms. The van der Waals surface area contributed by atoms with E-state index in [1.54, 1.807) is 43.6 Å². The molecule has 8 nitrogen and oxygen atoms in total. The molecule has 2 aromatic carbocycles. The Hall–Kier alpha value is -3.28. The number of fused-ring (bicyclic) bond motifs is 1. The lowest BCUT2D eigenvalue weighted by Gasteiger charge is -2.39. The number of aryl methyl sites for hydroxylation is 2. The summed E-state index contributed by atoms with van der Waals surface area (Å²) in [5.74, 6) is 0. The van der Waals surface area contributed by atoms with Crippen LogP contribution >= 0.6 is 22.9 Å². The number of nitrogens with two attached hydrogens (primary N) is 1. The number of rotatable bonds is 8. The number of anilines is 1. The van der Waals surface area contributed by atoms with Gasteiger partial charge in [-0.2, -0.15) is 0 Å². The van der Waals surface area contributed by atoms with Gasteiger partial charge in [-0.1, -0.05) is 35.4 Å². The van der Waals surface area contributed by atoms with Crippen molar-refractivity contribution in [2.45, 2.75) is 43.6 Å². The summed E-state index contributed by atoms with van der Waals surface area (Å²) in [5.41, 5.74) is 10.1. The molecule has 3 aromatic heterocycles. The first-order chi connectivity index (χ1) is 19.6. The highest BCUT2D eigenvalue weighted by molar-refractivity contribution is 7.90. The standard InChI is InChI=1S/C30H29ClN4O4S2/c1-18-5-8-21(9-6-18)41(36,37)35-25(22-10-7-20(32)13-19(22)2)14-23-27(24(31)15-33-28(23)35)26-16-34-29(40-26)30(11-4-12-30)39-17-38-3/h5-10,13-16H,4,11-12,17,32H2,1-3H3. The molecular formula is C30H29ClN4O4S2. The Labute approximate surface area is 247 Å². The number of methoxy groups -OCH3 is 1. The Balaban J connectivity index is 1.59. The largest absolute Gasteiger partial charge is 0.399 e. The smallest absolute Gasteiger partial charge is 0.269 e. The van der Waals surface area contributed by atoms with Crippen LogP contribution in [-0.2, 0) is 25.1 Å². The van der Waals surface area contributed by atoms with E-state index in [4.69, 9.17) is 31.8 Å². The molecule has 0 saturated heterocycles. The van der Waals surface area contributed by atoms with Crippen molar-refractivity contribution >= 4 is 49.7 Å². The molecule has 1 saturated carbocycles. The molecule has 1 fully saturated rings. The summed E-state index contributed by atoms with van der Waals surface area (Å²) in [6, 6.07) is 14.0. The number of aromatic nitrogens is 3. The monoisotopic (exact) mass is 608 g/mol. The number of nitrogens with zero attached hydrogens (tertiary/aromatic N) is 3. The molecule has 11 heteroatoms. The van der Waals surface area contributed by atoms with E-state index in [0.717, 1.165) is 45.8 Å².